The number of halogens is 1. The molecule has 1 aromatic heterocycles. The van der Waals surface area contributed by atoms with Crippen LogP contribution in [0, 0.1) is 13.8 Å². The fraction of sp³-hybridized carbons (Fsp3) is 0.400. The molecular formula is C10H14BrNO2. The van der Waals surface area contributed by atoms with E-state index in [9.17, 15) is 4.79 Å². The van der Waals surface area contributed by atoms with Gasteiger partial charge in [0.1, 0.15) is 5.33 Å². The van der Waals surface area contributed by atoms with E-state index in [0.717, 1.165) is 5.69 Å². The molecular weight excluding hydrogens is 246 g/mol. The molecule has 0 fully saturated rings. The van der Waals surface area contributed by atoms with Crippen LogP contribution in [0.4, 0.5) is 0 Å². The van der Waals surface area contributed by atoms with Gasteiger partial charge in [0, 0.05) is 11.9 Å². The molecule has 0 aromatic carbocycles. The number of esters is 1. The maximum atomic E-state index is 9.91. The summed E-state index contributed by atoms with van der Waals surface area (Å²) >= 11 is 2.90. The van der Waals surface area contributed by atoms with Crippen molar-refractivity contribution in [3.8, 4) is 0 Å². The summed E-state index contributed by atoms with van der Waals surface area (Å²) in [6.07, 6.45) is 1.81. The van der Waals surface area contributed by atoms with E-state index >= 15 is 0 Å². The smallest absolute Gasteiger partial charge is 0.316 e. The van der Waals surface area contributed by atoms with Crippen molar-refractivity contribution in [1.29, 1.82) is 0 Å². The van der Waals surface area contributed by atoms with Gasteiger partial charge in [-0.3, -0.25) is 9.78 Å². The molecule has 0 aliphatic rings. The zero-order valence-corrected chi connectivity index (χ0v) is 10.2. The van der Waals surface area contributed by atoms with Gasteiger partial charge in [-0.05, 0) is 25.5 Å². The number of ether oxygens (including phenoxy) is 1. The molecule has 1 rings (SSSR count). The lowest BCUT2D eigenvalue weighted by Crippen LogP contribution is -1.99. The number of carbonyl (C=O) groups is 1. The largest absolute Gasteiger partial charge is 0.468 e. The van der Waals surface area contributed by atoms with Gasteiger partial charge in [0.25, 0.3) is 0 Å². The lowest BCUT2D eigenvalue weighted by atomic mass is 10.2. The second-order valence-corrected chi connectivity index (χ2v) is 3.18. The maximum absolute atomic E-state index is 9.91. The Morgan fingerprint density at radius 2 is 2.21 bits per heavy atom. The van der Waals surface area contributed by atoms with Gasteiger partial charge < -0.3 is 4.74 Å². The SMILES string of the molecule is COC(=O)CBr.Cc1cccnc1C. The van der Waals surface area contributed by atoms with Crippen LogP contribution in [0.2, 0.25) is 0 Å². The fourth-order valence-electron chi connectivity index (χ4n) is 0.619. The topological polar surface area (TPSA) is 39.2 Å². The van der Waals surface area contributed by atoms with Crippen molar-refractivity contribution in [3.63, 3.8) is 0 Å². The molecule has 1 heterocycles. The zero-order valence-electron chi connectivity index (χ0n) is 8.58. The number of alkyl halides is 1. The van der Waals surface area contributed by atoms with Gasteiger partial charge in [0.2, 0.25) is 0 Å². The second-order valence-electron chi connectivity index (χ2n) is 2.62. The van der Waals surface area contributed by atoms with Crippen LogP contribution < -0.4 is 0 Å². The molecule has 0 bridgehead atoms. The summed E-state index contributed by atoms with van der Waals surface area (Å²) in [5.41, 5.74) is 2.38. The highest BCUT2D eigenvalue weighted by Gasteiger charge is 1.89. The van der Waals surface area contributed by atoms with Crippen LogP contribution in [-0.4, -0.2) is 23.4 Å². The highest BCUT2D eigenvalue weighted by molar-refractivity contribution is 9.09. The first-order valence-electron chi connectivity index (χ1n) is 4.12. The zero-order chi connectivity index (χ0) is 11.0. The standard InChI is InChI=1S/C7H9N.C3H5BrO2/c1-6-4-3-5-8-7(6)2;1-6-3(5)2-4/h3-5H,1-2H3;2H2,1H3. The number of nitrogens with zero attached hydrogens (tertiary/aromatic N) is 1. The van der Waals surface area contributed by atoms with E-state index in [1.165, 1.54) is 12.7 Å². The minimum absolute atomic E-state index is 0.241. The van der Waals surface area contributed by atoms with Crippen molar-refractivity contribution >= 4 is 21.9 Å². The quantitative estimate of drug-likeness (QED) is 0.574. The predicted molar refractivity (Wildman–Crippen MR) is 59.5 cm³/mol. The number of carbonyl (C=O) groups excluding carboxylic acids is 1. The molecule has 3 nitrogen and oxygen atoms in total. The summed E-state index contributed by atoms with van der Waals surface area (Å²) in [5, 5.41) is 0.281. The monoisotopic (exact) mass is 259 g/mol. The van der Waals surface area contributed by atoms with Gasteiger partial charge in [-0.15, -0.1) is 0 Å². The average Bonchev–Trinajstić information content (AvgIpc) is 2.22. The summed E-state index contributed by atoms with van der Waals surface area (Å²) in [5.74, 6) is -0.241. The third kappa shape index (κ3) is 5.70. The Bertz CT molecular complexity index is 262. The number of methoxy groups -OCH3 is 1. The molecule has 14 heavy (non-hydrogen) atoms. The molecule has 0 aliphatic carbocycles. The van der Waals surface area contributed by atoms with Gasteiger partial charge >= 0.3 is 5.97 Å². The van der Waals surface area contributed by atoms with E-state index in [1.807, 2.05) is 19.2 Å². The summed E-state index contributed by atoms with van der Waals surface area (Å²) in [6, 6.07) is 4.00. The molecule has 0 N–H and O–H groups in total. The number of aryl methyl sites for hydroxylation is 2. The number of pyridine rings is 1. The Morgan fingerprint density at radius 1 is 1.57 bits per heavy atom. The van der Waals surface area contributed by atoms with E-state index in [1.54, 1.807) is 0 Å². The van der Waals surface area contributed by atoms with Crippen molar-refractivity contribution < 1.29 is 9.53 Å². The van der Waals surface area contributed by atoms with E-state index in [0.29, 0.717) is 0 Å². The van der Waals surface area contributed by atoms with Crippen molar-refractivity contribution in [3.05, 3.63) is 29.6 Å². The van der Waals surface area contributed by atoms with E-state index in [4.69, 9.17) is 0 Å². The van der Waals surface area contributed by atoms with Gasteiger partial charge in [0.15, 0.2) is 0 Å². The number of aromatic nitrogens is 1. The van der Waals surface area contributed by atoms with Crippen LogP contribution >= 0.6 is 15.9 Å². The normalized spacial score (nSPS) is 8.57. The maximum Gasteiger partial charge on any atom is 0.316 e. The molecule has 0 saturated heterocycles. The minimum atomic E-state index is -0.241. The molecule has 0 radical (unpaired) electrons. The van der Waals surface area contributed by atoms with Crippen molar-refractivity contribution in [2.45, 2.75) is 13.8 Å². The second kappa shape index (κ2) is 7.50. The first-order chi connectivity index (χ1) is 6.61. The molecule has 1 aromatic rings. The van der Waals surface area contributed by atoms with Crippen LogP contribution in [0.25, 0.3) is 0 Å². The summed E-state index contributed by atoms with van der Waals surface area (Å²) < 4.78 is 4.21. The first-order valence-corrected chi connectivity index (χ1v) is 5.25. The van der Waals surface area contributed by atoms with Gasteiger partial charge in [-0.25, -0.2) is 0 Å². The lowest BCUT2D eigenvalue weighted by molar-refractivity contribution is -0.137. The van der Waals surface area contributed by atoms with Gasteiger partial charge in [0.05, 0.1) is 7.11 Å². The lowest BCUT2D eigenvalue weighted by Gasteiger charge is -1.92. The molecule has 0 saturated carbocycles. The fourth-order valence-corrected chi connectivity index (χ4v) is 0.848. The Hall–Kier alpha value is -0.900. The van der Waals surface area contributed by atoms with Crippen LogP contribution in [0.15, 0.2) is 18.3 Å². The number of hydrogen-bond donors (Lipinski definition) is 0. The molecule has 0 spiro atoms. The van der Waals surface area contributed by atoms with Gasteiger partial charge in [-0.1, -0.05) is 22.0 Å². The first kappa shape index (κ1) is 13.1. The Balaban J connectivity index is 0.000000255. The van der Waals surface area contributed by atoms with Crippen LogP contribution in [-0.2, 0) is 9.53 Å². The highest BCUT2D eigenvalue weighted by Crippen LogP contribution is 1.98. The number of hydrogen-bond acceptors (Lipinski definition) is 3. The van der Waals surface area contributed by atoms with Crippen LogP contribution in [0.1, 0.15) is 11.3 Å². The van der Waals surface area contributed by atoms with E-state index in [-0.39, 0.29) is 11.3 Å². The van der Waals surface area contributed by atoms with Crippen LogP contribution in [0.3, 0.4) is 0 Å². The summed E-state index contributed by atoms with van der Waals surface area (Å²) in [6.45, 7) is 4.07. The predicted octanol–water partition coefficient (Wildman–Crippen LogP) is 2.25. The Labute approximate surface area is 92.6 Å². The molecule has 0 aliphatic heterocycles. The third-order valence-electron chi connectivity index (χ3n) is 1.61. The van der Waals surface area contributed by atoms with E-state index < -0.39 is 0 Å². The highest BCUT2D eigenvalue weighted by atomic mass is 79.9. The van der Waals surface area contributed by atoms with Crippen molar-refractivity contribution in [2.75, 3.05) is 12.4 Å². The Kier molecular flexibility index (Phi) is 7.02. The molecule has 4 heteroatoms. The van der Waals surface area contributed by atoms with Crippen molar-refractivity contribution in [2.24, 2.45) is 0 Å². The molecule has 0 unspecified atom stereocenters. The van der Waals surface area contributed by atoms with Gasteiger partial charge in [-0.2, -0.15) is 0 Å². The third-order valence-corrected chi connectivity index (χ3v) is 2.07. The number of rotatable bonds is 1. The molecule has 78 valence electrons. The average molecular weight is 260 g/mol. The summed E-state index contributed by atoms with van der Waals surface area (Å²) in [7, 11) is 1.35. The molecule has 0 atom stereocenters. The molecule has 0 amide bonds. The Morgan fingerprint density at radius 3 is 2.43 bits per heavy atom. The van der Waals surface area contributed by atoms with E-state index in [2.05, 4.69) is 38.6 Å². The minimum Gasteiger partial charge on any atom is -0.468 e. The summed E-state index contributed by atoms with van der Waals surface area (Å²) in [4.78, 5) is 14.0. The van der Waals surface area contributed by atoms with Crippen molar-refractivity contribution in [1.82, 2.24) is 4.98 Å². The van der Waals surface area contributed by atoms with Crippen LogP contribution in [0.5, 0.6) is 0 Å².